The molecule has 2 aliphatic heterocycles. The minimum absolute atomic E-state index is 0.0647. The lowest BCUT2D eigenvalue weighted by molar-refractivity contribution is -0.128. The zero-order valence-corrected chi connectivity index (χ0v) is 15.0. The monoisotopic (exact) mass is 345 g/mol. The van der Waals surface area contributed by atoms with Crippen molar-refractivity contribution in [2.75, 3.05) is 31.5 Å². The smallest absolute Gasteiger partial charge is 0.229 e. The quantitative estimate of drug-likeness (QED) is 0.856. The molecule has 3 rings (SSSR count). The van der Waals surface area contributed by atoms with E-state index in [-0.39, 0.29) is 29.9 Å². The number of benzene rings is 1. The molecule has 2 saturated heterocycles. The van der Waals surface area contributed by atoms with Crippen LogP contribution < -0.4 is 5.32 Å². The van der Waals surface area contributed by atoms with Gasteiger partial charge in [0.25, 0.3) is 0 Å². The van der Waals surface area contributed by atoms with E-state index < -0.39 is 0 Å². The molecular formula is C19H27N3O3. The largest absolute Gasteiger partial charge is 0.508 e. The molecule has 0 aromatic heterocycles. The van der Waals surface area contributed by atoms with Crippen LogP contribution in [0.4, 0.5) is 5.69 Å². The first-order valence-corrected chi connectivity index (χ1v) is 9.10. The van der Waals surface area contributed by atoms with E-state index in [1.54, 1.807) is 25.1 Å². The van der Waals surface area contributed by atoms with E-state index in [9.17, 15) is 14.7 Å². The number of nitrogens with zero attached hydrogens (tertiary/aromatic N) is 2. The Morgan fingerprint density at radius 2 is 2.20 bits per heavy atom. The van der Waals surface area contributed by atoms with E-state index in [2.05, 4.69) is 17.1 Å². The number of aromatic hydroxyl groups is 1. The Morgan fingerprint density at radius 1 is 1.40 bits per heavy atom. The summed E-state index contributed by atoms with van der Waals surface area (Å²) in [6.45, 7) is 7.27. The lowest BCUT2D eigenvalue weighted by Gasteiger charge is -2.27. The summed E-state index contributed by atoms with van der Waals surface area (Å²) in [4.78, 5) is 29.0. The van der Waals surface area contributed by atoms with Crippen LogP contribution in [-0.4, -0.2) is 58.9 Å². The van der Waals surface area contributed by atoms with Crippen molar-refractivity contribution in [1.29, 1.82) is 0 Å². The van der Waals surface area contributed by atoms with Gasteiger partial charge < -0.3 is 15.3 Å². The second kappa shape index (κ2) is 7.44. The second-order valence-corrected chi connectivity index (χ2v) is 7.11. The lowest BCUT2D eigenvalue weighted by atomic mass is 10.1. The summed E-state index contributed by atoms with van der Waals surface area (Å²) in [5, 5.41) is 12.6. The summed E-state index contributed by atoms with van der Waals surface area (Å²) in [6.07, 6.45) is 2.57. The van der Waals surface area contributed by atoms with Crippen molar-refractivity contribution in [3.63, 3.8) is 0 Å². The highest BCUT2D eigenvalue weighted by molar-refractivity contribution is 5.97. The first-order valence-electron chi connectivity index (χ1n) is 9.10. The number of phenolic OH excluding ortho intramolecular Hbond substituents is 1. The maximum atomic E-state index is 12.5. The van der Waals surface area contributed by atoms with Crippen molar-refractivity contribution in [2.45, 2.75) is 39.2 Å². The lowest BCUT2D eigenvalue weighted by Crippen LogP contribution is -2.41. The van der Waals surface area contributed by atoms with Gasteiger partial charge in [-0.25, -0.2) is 0 Å². The number of anilines is 1. The van der Waals surface area contributed by atoms with Gasteiger partial charge in [0.05, 0.1) is 5.92 Å². The maximum Gasteiger partial charge on any atom is 0.229 e. The number of carbonyl (C=O) groups is 2. The van der Waals surface area contributed by atoms with Crippen LogP contribution in [0.5, 0.6) is 5.75 Å². The molecule has 136 valence electrons. The summed E-state index contributed by atoms with van der Waals surface area (Å²) >= 11 is 0. The zero-order chi connectivity index (χ0) is 18.0. The molecule has 6 nitrogen and oxygen atoms in total. The summed E-state index contributed by atoms with van der Waals surface area (Å²) in [6, 6.07) is 5.49. The van der Waals surface area contributed by atoms with Gasteiger partial charge in [0.1, 0.15) is 5.75 Å². The van der Waals surface area contributed by atoms with E-state index in [1.807, 2.05) is 4.90 Å². The number of hydrogen-bond acceptors (Lipinski definition) is 4. The van der Waals surface area contributed by atoms with Gasteiger partial charge in [0.15, 0.2) is 0 Å². The number of hydrogen-bond donors (Lipinski definition) is 2. The van der Waals surface area contributed by atoms with Crippen molar-refractivity contribution in [3.8, 4) is 5.75 Å². The molecule has 0 aliphatic carbocycles. The predicted octanol–water partition coefficient (Wildman–Crippen LogP) is 1.97. The summed E-state index contributed by atoms with van der Waals surface area (Å²) in [5.74, 6) is -0.261. The maximum absolute atomic E-state index is 12.5. The Labute approximate surface area is 148 Å². The Hall–Kier alpha value is -2.08. The number of likely N-dealkylation sites (N-methyl/N-ethyl adjacent to an activating group) is 1. The average Bonchev–Trinajstić information content (AvgIpc) is 3.18. The van der Waals surface area contributed by atoms with Crippen LogP contribution in [-0.2, 0) is 9.59 Å². The third-order valence-corrected chi connectivity index (χ3v) is 5.40. The Bertz CT molecular complexity index is 661. The van der Waals surface area contributed by atoms with E-state index in [0.29, 0.717) is 18.3 Å². The van der Waals surface area contributed by atoms with Crippen LogP contribution in [0.3, 0.4) is 0 Å². The summed E-state index contributed by atoms with van der Waals surface area (Å²) in [5.41, 5.74) is 1.32. The Balaban J connectivity index is 1.57. The summed E-state index contributed by atoms with van der Waals surface area (Å²) in [7, 11) is 0. The van der Waals surface area contributed by atoms with Crippen molar-refractivity contribution >= 4 is 17.5 Å². The van der Waals surface area contributed by atoms with Gasteiger partial charge in [-0.1, -0.05) is 13.0 Å². The number of rotatable bonds is 5. The molecule has 1 aromatic carbocycles. The highest BCUT2D eigenvalue weighted by Gasteiger charge is 2.36. The molecule has 0 saturated carbocycles. The van der Waals surface area contributed by atoms with E-state index >= 15 is 0 Å². The average molecular weight is 345 g/mol. The standard InChI is InChI=1S/C19H27N3O3/c1-3-21-8-4-5-16(21)12-22-11-14(9-18(22)24)19(25)20-15-7-6-13(2)17(23)10-15/h6-7,10,14,16,23H,3-5,8-9,11-12H2,1-2H3,(H,20,25)/t14-,16-/m0/s1. The Morgan fingerprint density at radius 3 is 2.92 bits per heavy atom. The normalized spacial score (nSPS) is 24.1. The number of aryl methyl sites for hydroxylation is 1. The fourth-order valence-electron chi connectivity index (χ4n) is 3.83. The topological polar surface area (TPSA) is 72.9 Å². The van der Waals surface area contributed by atoms with Crippen LogP contribution in [0.15, 0.2) is 18.2 Å². The summed E-state index contributed by atoms with van der Waals surface area (Å²) < 4.78 is 0. The van der Waals surface area contributed by atoms with Crippen molar-refractivity contribution in [1.82, 2.24) is 9.80 Å². The zero-order valence-electron chi connectivity index (χ0n) is 15.0. The number of likely N-dealkylation sites (tertiary alicyclic amines) is 2. The molecule has 2 atom stereocenters. The van der Waals surface area contributed by atoms with Gasteiger partial charge in [-0.15, -0.1) is 0 Å². The minimum atomic E-state index is -0.326. The third-order valence-electron chi connectivity index (χ3n) is 5.40. The molecular weight excluding hydrogens is 318 g/mol. The SMILES string of the molecule is CCN1CCC[C@H]1CN1C[C@@H](C(=O)Nc2ccc(C)c(O)c2)CC1=O. The number of nitrogens with one attached hydrogen (secondary N) is 1. The molecule has 25 heavy (non-hydrogen) atoms. The number of carbonyl (C=O) groups excluding carboxylic acids is 2. The molecule has 0 spiro atoms. The molecule has 2 fully saturated rings. The first kappa shape index (κ1) is 17.7. The number of amides is 2. The van der Waals surface area contributed by atoms with Crippen LogP contribution >= 0.6 is 0 Å². The molecule has 0 unspecified atom stereocenters. The van der Waals surface area contributed by atoms with Gasteiger partial charge >= 0.3 is 0 Å². The fraction of sp³-hybridized carbons (Fsp3) is 0.579. The molecule has 0 bridgehead atoms. The molecule has 2 heterocycles. The molecule has 1 aromatic rings. The fourth-order valence-corrected chi connectivity index (χ4v) is 3.83. The highest BCUT2D eigenvalue weighted by Crippen LogP contribution is 2.25. The minimum Gasteiger partial charge on any atom is -0.508 e. The van der Waals surface area contributed by atoms with Crippen molar-refractivity contribution in [3.05, 3.63) is 23.8 Å². The van der Waals surface area contributed by atoms with E-state index in [1.165, 1.54) is 6.42 Å². The molecule has 2 aliphatic rings. The molecule has 0 radical (unpaired) electrons. The second-order valence-electron chi connectivity index (χ2n) is 7.11. The van der Waals surface area contributed by atoms with Crippen LogP contribution in [0.25, 0.3) is 0 Å². The van der Waals surface area contributed by atoms with Gasteiger partial charge in [0.2, 0.25) is 11.8 Å². The predicted molar refractivity (Wildman–Crippen MR) is 96.4 cm³/mol. The highest BCUT2D eigenvalue weighted by atomic mass is 16.3. The van der Waals surface area contributed by atoms with E-state index in [4.69, 9.17) is 0 Å². The van der Waals surface area contributed by atoms with Crippen LogP contribution in [0.1, 0.15) is 31.7 Å². The van der Waals surface area contributed by atoms with Gasteiger partial charge in [-0.05, 0) is 44.5 Å². The van der Waals surface area contributed by atoms with Gasteiger partial charge in [-0.2, -0.15) is 0 Å². The molecule has 2 amide bonds. The number of phenols is 1. The van der Waals surface area contributed by atoms with Gasteiger partial charge in [0, 0.05) is 37.3 Å². The van der Waals surface area contributed by atoms with E-state index in [0.717, 1.165) is 31.6 Å². The Kier molecular flexibility index (Phi) is 5.27. The molecule has 2 N–H and O–H groups in total. The van der Waals surface area contributed by atoms with Crippen molar-refractivity contribution < 1.29 is 14.7 Å². The van der Waals surface area contributed by atoms with Crippen LogP contribution in [0.2, 0.25) is 0 Å². The van der Waals surface area contributed by atoms with Gasteiger partial charge in [-0.3, -0.25) is 14.5 Å². The molecule has 6 heteroatoms. The van der Waals surface area contributed by atoms with Crippen molar-refractivity contribution in [2.24, 2.45) is 5.92 Å². The third kappa shape index (κ3) is 3.95. The van der Waals surface area contributed by atoms with Crippen LogP contribution in [0, 0.1) is 12.8 Å². The first-order chi connectivity index (χ1) is 12.0.